The summed E-state index contributed by atoms with van der Waals surface area (Å²) in [7, 11) is 0. The first-order chi connectivity index (χ1) is 9.18. The molecular formula is C15H15N3O. The molecule has 0 fully saturated rings. The summed E-state index contributed by atoms with van der Waals surface area (Å²) in [6, 6.07) is 14.7. The molecule has 0 saturated heterocycles. The Kier molecular flexibility index (Phi) is 3.93. The summed E-state index contributed by atoms with van der Waals surface area (Å²) in [4.78, 5) is 11.8. The van der Waals surface area contributed by atoms with Crippen molar-refractivity contribution in [1.29, 1.82) is 0 Å². The van der Waals surface area contributed by atoms with Crippen LogP contribution in [0.5, 0.6) is 0 Å². The number of nitrogens with zero attached hydrogens (tertiary/aromatic N) is 1. The number of nitrogen functional groups attached to an aromatic ring is 1. The van der Waals surface area contributed by atoms with E-state index in [1.807, 2.05) is 31.2 Å². The molecule has 0 aliphatic heterocycles. The average Bonchev–Trinajstić information content (AvgIpc) is 2.41. The van der Waals surface area contributed by atoms with Crippen LogP contribution in [0.15, 0.2) is 53.6 Å². The van der Waals surface area contributed by atoms with Crippen LogP contribution in [0.4, 0.5) is 5.69 Å². The molecule has 2 aromatic rings. The summed E-state index contributed by atoms with van der Waals surface area (Å²) in [6.07, 6.45) is 1.62. The maximum absolute atomic E-state index is 11.8. The van der Waals surface area contributed by atoms with E-state index in [2.05, 4.69) is 10.5 Å². The molecule has 0 unspecified atom stereocenters. The van der Waals surface area contributed by atoms with Crippen LogP contribution in [0.2, 0.25) is 0 Å². The molecule has 2 aromatic carbocycles. The molecule has 19 heavy (non-hydrogen) atoms. The lowest BCUT2D eigenvalue weighted by Gasteiger charge is -2.03. The van der Waals surface area contributed by atoms with Crippen LogP contribution in [0.1, 0.15) is 21.5 Å². The highest BCUT2D eigenvalue weighted by Gasteiger charge is 2.06. The number of hydrazone groups is 1. The van der Waals surface area contributed by atoms with Crippen molar-refractivity contribution in [2.45, 2.75) is 6.92 Å². The Labute approximate surface area is 112 Å². The molecule has 0 saturated carbocycles. The van der Waals surface area contributed by atoms with E-state index in [9.17, 15) is 4.79 Å². The number of hydrogen-bond acceptors (Lipinski definition) is 3. The van der Waals surface area contributed by atoms with Crippen molar-refractivity contribution in [1.82, 2.24) is 5.43 Å². The predicted octanol–water partition coefficient (Wildman–Crippen LogP) is 2.34. The van der Waals surface area contributed by atoms with Crippen LogP contribution in [-0.4, -0.2) is 12.1 Å². The molecule has 4 heteroatoms. The number of amides is 1. The highest BCUT2D eigenvalue weighted by atomic mass is 16.2. The Morgan fingerprint density at radius 3 is 2.58 bits per heavy atom. The summed E-state index contributed by atoms with van der Waals surface area (Å²) in [5.74, 6) is -0.317. The van der Waals surface area contributed by atoms with Crippen molar-refractivity contribution < 1.29 is 4.79 Å². The quantitative estimate of drug-likeness (QED) is 0.501. The Morgan fingerprint density at radius 1 is 1.16 bits per heavy atom. The van der Waals surface area contributed by atoms with Gasteiger partial charge in [0.2, 0.25) is 0 Å². The van der Waals surface area contributed by atoms with Gasteiger partial charge in [0.1, 0.15) is 0 Å². The van der Waals surface area contributed by atoms with Crippen molar-refractivity contribution >= 4 is 17.8 Å². The first-order valence-corrected chi connectivity index (χ1v) is 5.92. The minimum atomic E-state index is -0.317. The summed E-state index contributed by atoms with van der Waals surface area (Å²) >= 11 is 0. The third kappa shape index (κ3) is 3.19. The number of carbonyl (C=O) groups is 1. The Morgan fingerprint density at radius 2 is 1.84 bits per heavy atom. The number of nitrogens with one attached hydrogen (secondary N) is 1. The topological polar surface area (TPSA) is 67.5 Å². The fourth-order valence-corrected chi connectivity index (χ4v) is 1.66. The number of carbonyl (C=O) groups excluding carboxylic acids is 1. The number of benzene rings is 2. The van der Waals surface area contributed by atoms with Crippen molar-refractivity contribution in [2.24, 2.45) is 5.10 Å². The third-order valence-corrected chi connectivity index (χ3v) is 2.76. The zero-order valence-corrected chi connectivity index (χ0v) is 10.6. The number of hydrogen-bond donors (Lipinski definition) is 2. The van der Waals surface area contributed by atoms with Crippen molar-refractivity contribution in [3.05, 3.63) is 65.2 Å². The van der Waals surface area contributed by atoms with Crippen LogP contribution in [0.3, 0.4) is 0 Å². The predicted molar refractivity (Wildman–Crippen MR) is 77.1 cm³/mol. The molecule has 2 rings (SSSR count). The molecule has 0 aliphatic carbocycles. The third-order valence-electron chi connectivity index (χ3n) is 2.76. The van der Waals surface area contributed by atoms with Gasteiger partial charge in [0.15, 0.2) is 0 Å². The zero-order valence-electron chi connectivity index (χ0n) is 10.6. The molecule has 96 valence electrons. The first-order valence-electron chi connectivity index (χ1n) is 5.92. The van der Waals surface area contributed by atoms with Crippen molar-refractivity contribution in [3.63, 3.8) is 0 Å². The molecule has 0 aliphatic rings. The van der Waals surface area contributed by atoms with Gasteiger partial charge in [-0.3, -0.25) is 4.79 Å². The van der Waals surface area contributed by atoms with E-state index in [4.69, 9.17) is 5.73 Å². The second-order valence-electron chi connectivity index (χ2n) is 4.14. The van der Waals surface area contributed by atoms with Gasteiger partial charge < -0.3 is 5.73 Å². The molecular weight excluding hydrogens is 238 g/mol. The van der Waals surface area contributed by atoms with E-state index in [1.54, 1.807) is 30.5 Å². The lowest BCUT2D eigenvalue weighted by Crippen LogP contribution is -2.19. The van der Waals surface area contributed by atoms with Crippen molar-refractivity contribution in [2.75, 3.05) is 5.73 Å². The molecule has 0 bridgehead atoms. The number of nitrogens with two attached hydrogens (primary N) is 1. The van der Waals surface area contributed by atoms with Gasteiger partial charge in [0.05, 0.1) is 11.8 Å². The van der Waals surface area contributed by atoms with Gasteiger partial charge in [-0.1, -0.05) is 36.4 Å². The van der Waals surface area contributed by atoms with Crippen LogP contribution in [0, 0.1) is 6.92 Å². The molecule has 0 spiro atoms. The molecule has 1 amide bonds. The lowest BCUT2D eigenvalue weighted by molar-refractivity contribution is 0.0956. The number of aryl methyl sites for hydroxylation is 1. The maximum atomic E-state index is 11.8. The molecule has 3 N–H and O–H groups in total. The normalized spacial score (nSPS) is 10.6. The average molecular weight is 253 g/mol. The van der Waals surface area contributed by atoms with E-state index < -0.39 is 0 Å². The Balaban J connectivity index is 2.06. The molecule has 0 aromatic heterocycles. The van der Waals surface area contributed by atoms with E-state index >= 15 is 0 Å². The second-order valence-corrected chi connectivity index (χ2v) is 4.14. The van der Waals surface area contributed by atoms with Crippen LogP contribution < -0.4 is 11.2 Å². The van der Waals surface area contributed by atoms with Gasteiger partial charge in [-0.25, -0.2) is 5.43 Å². The Hall–Kier alpha value is -2.62. The van der Waals surface area contributed by atoms with Gasteiger partial charge in [0, 0.05) is 5.69 Å². The summed E-state index contributed by atoms with van der Waals surface area (Å²) in [5.41, 5.74) is 11.1. The minimum Gasteiger partial charge on any atom is -0.398 e. The molecule has 0 atom stereocenters. The van der Waals surface area contributed by atoms with E-state index in [-0.39, 0.29) is 5.91 Å². The maximum Gasteiger partial charge on any atom is 0.273 e. The summed E-state index contributed by atoms with van der Waals surface area (Å²) < 4.78 is 0. The SMILES string of the molecule is Cc1ccccc1C=NNC(=O)c1ccccc1N. The van der Waals surface area contributed by atoms with Crippen LogP contribution in [0.25, 0.3) is 0 Å². The van der Waals surface area contributed by atoms with E-state index in [0.717, 1.165) is 11.1 Å². The molecule has 0 radical (unpaired) electrons. The van der Waals surface area contributed by atoms with Gasteiger partial charge in [0.25, 0.3) is 5.91 Å². The van der Waals surface area contributed by atoms with Gasteiger partial charge in [-0.05, 0) is 30.2 Å². The monoisotopic (exact) mass is 253 g/mol. The summed E-state index contributed by atoms with van der Waals surface area (Å²) in [5, 5.41) is 3.94. The van der Waals surface area contributed by atoms with Gasteiger partial charge in [-0.15, -0.1) is 0 Å². The molecule has 4 nitrogen and oxygen atoms in total. The second kappa shape index (κ2) is 5.82. The minimum absolute atomic E-state index is 0.317. The highest BCUT2D eigenvalue weighted by molar-refractivity contribution is 5.99. The lowest BCUT2D eigenvalue weighted by atomic mass is 10.1. The number of rotatable bonds is 3. The van der Waals surface area contributed by atoms with Crippen molar-refractivity contribution in [3.8, 4) is 0 Å². The van der Waals surface area contributed by atoms with E-state index in [0.29, 0.717) is 11.3 Å². The number of para-hydroxylation sites is 1. The standard InChI is InChI=1S/C15H15N3O/c1-11-6-2-3-7-12(11)10-17-18-15(19)13-8-4-5-9-14(13)16/h2-10H,16H2,1H3,(H,18,19). The molecule has 0 heterocycles. The fraction of sp³-hybridized carbons (Fsp3) is 0.0667. The number of anilines is 1. The van der Waals surface area contributed by atoms with Crippen LogP contribution >= 0.6 is 0 Å². The fourth-order valence-electron chi connectivity index (χ4n) is 1.66. The largest absolute Gasteiger partial charge is 0.398 e. The van der Waals surface area contributed by atoms with Gasteiger partial charge in [-0.2, -0.15) is 5.10 Å². The van der Waals surface area contributed by atoms with Gasteiger partial charge >= 0.3 is 0 Å². The smallest absolute Gasteiger partial charge is 0.273 e. The highest BCUT2D eigenvalue weighted by Crippen LogP contribution is 2.09. The zero-order chi connectivity index (χ0) is 13.7. The van der Waals surface area contributed by atoms with E-state index in [1.165, 1.54) is 0 Å². The van der Waals surface area contributed by atoms with Crippen LogP contribution in [-0.2, 0) is 0 Å². The summed E-state index contributed by atoms with van der Waals surface area (Å²) in [6.45, 7) is 1.98. The first kappa shape index (κ1) is 12.8. The Bertz CT molecular complexity index is 620.